The summed E-state index contributed by atoms with van der Waals surface area (Å²) in [6.45, 7) is 5.66. The molecule has 1 fully saturated rings. The van der Waals surface area contributed by atoms with E-state index in [1.54, 1.807) is 0 Å². The number of aromatic nitrogens is 1. The lowest BCUT2D eigenvalue weighted by molar-refractivity contribution is -0.120. The van der Waals surface area contributed by atoms with Crippen molar-refractivity contribution in [3.05, 3.63) is 58.5 Å². The molecule has 36 heavy (non-hydrogen) atoms. The Morgan fingerprint density at radius 1 is 1.22 bits per heavy atom. The van der Waals surface area contributed by atoms with Crippen molar-refractivity contribution in [3.8, 4) is 5.88 Å². The lowest BCUT2D eigenvalue weighted by Crippen LogP contribution is -2.52. The van der Waals surface area contributed by atoms with Crippen molar-refractivity contribution in [2.24, 2.45) is 5.92 Å². The molecule has 0 radical (unpaired) electrons. The van der Waals surface area contributed by atoms with Crippen molar-refractivity contribution in [3.63, 3.8) is 0 Å². The predicted molar refractivity (Wildman–Crippen MR) is 129 cm³/mol. The van der Waals surface area contributed by atoms with Crippen molar-refractivity contribution < 1.29 is 27.8 Å². The maximum atomic E-state index is 14.3. The number of aliphatic hydroxyl groups is 1. The van der Waals surface area contributed by atoms with E-state index >= 15 is 0 Å². The minimum atomic E-state index is -1.57. The number of hydrogen-bond acceptors (Lipinski definition) is 5. The van der Waals surface area contributed by atoms with E-state index in [4.69, 9.17) is 4.74 Å². The highest BCUT2D eigenvalue weighted by atomic mass is 19.2. The summed E-state index contributed by atoms with van der Waals surface area (Å²) in [5, 5.41) is 17.0. The van der Waals surface area contributed by atoms with Gasteiger partial charge in [-0.05, 0) is 61.3 Å². The van der Waals surface area contributed by atoms with Gasteiger partial charge in [-0.1, -0.05) is 19.9 Å². The highest BCUT2D eigenvalue weighted by Crippen LogP contribution is 2.48. The Bertz CT molecular complexity index is 1110. The molecular formula is C27H34F3N3O3. The summed E-state index contributed by atoms with van der Waals surface area (Å²) in [6, 6.07) is 3.03. The van der Waals surface area contributed by atoms with Gasteiger partial charge in [-0.3, -0.25) is 4.79 Å². The topological polar surface area (TPSA) is 83.5 Å². The maximum absolute atomic E-state index is 14.3. The first-order valence-electron chi connectivity index (χ1n) is 12.6. The van der Waals surface area contributed by atoms with E-state index in [2.05, 4.69) is 35.5 Å². The van der Waals surface area contributed by atoms with Gasteiger partial charge in [0.05, 0.1) is 12.1 Å². The first kappa shape index (κ1) is 26.4. The van der Waals surface area contributed by atoms with E-state index in [0.29, 0.717) is 11.8 Å². The summed E-state index contributed by atoms with van der Waals surface area (Å²) in [5.41, 5.74) is 1.64. The summed E-state index contributed by atoms with van der Waals surface area (Å²) in [6.07, 6.45) is 5.11. The normalized spacial score (nSPS) is 19.8. The van der Waals surface area contributed by atoms with Crippen LogP contribution in [-0.2, 0) is 17.6 Å². The van der Waals surface area contributed by atoms with Crippen molar-refractivity contribution in [1.82, 2.24) is 15.6 Å². The van der Waals surface area contributed by atoms with E-state index in [-0.39, 0.29) is 30.2 Å². The van der Waals surface area contributed by atoms with Crippen LogP contribution < -0.4 is 15.4 Å². The Kier molecular flexibility index (Phi) is 7.90. The Morgan fingerprint density at radius 3 is 2.61 bits per heavy atom. The van der Waals surface area contributed by atoms with Crippen LogP contribution in [0.2, 0.25) is 0 Å². The van der Waals surface area contributed by atoms with Crippen LogP contribution in [-0.4, -0.2) is 40.3 Å². The third kappa shape index (κ3) is 5.83. The van der Waals surface area contributed by atoms with Crippen LogP contribution in [0.5, 0.6) is 5.88 Å². The van der Waals surface area contributed by atoms with Gasteiger partial charge in [0.15, 0.2) is 17.5 Å². The van der Waals surface area contributed by atoms with E-state index < -0.39 is 35.5 Å². The third-order valence-electron chi connectivity index (χ3n) is 7.09. The maximum Gasteiger partial charge on any atom is 0.218 e. The van der Waals surface area contributed by atoms with E-state index in [0.717, 1.165) is 55.4 Å². The molecule has 4 rings (SSSR count). The molecule has 9 heteroatoms. The van der Waals surface area contributed by atoms with Gasteiger partial charge in [-0.25, -0.2) is 18.2 Å². The van der Waals surface area contributed by atoms with Crippen molar-refractivity contribution in [2.75, 3.05) is 6.54 Å². The number of amides is 1. The Labute approximate surface area is 209 Å². The fourth-order valence-electron chi connectivity index (χ4n) is 5.13. The van der Waals surface area contributed by atoms with Gasteiger partial charge in [-0.2, -0.15) is 0 Å². The van der Waals surface area contributed by atoms with Gasteiger partial charge in [0.25, 0.3) is 0 Å². The van der Waals surface area contributed by atoms with E-state index in [1.165, 1.54) is 6.92 Å². The molecule has 1 saturated carbocycles. The molecule has 1 aromatic carbocycles. The lowest BCUT2D eigenvalue weighted by atomic mass is 9.73. The number of rotatable bonds is 9. The zero-order chi connectivity index (χ0) is 26.0. The molecule has 1 aliphatic heterocycles. The van der Waals surface area contributed by atoms with Gasteiger partial charge in [0, 0.05) is 37.7 Å². The molecule has 6 nitrogen and oxygen atoms in total. The van der Waals surface area contributed by atoms with Gasteiger partial charge < -0.3 is 20.5 Å². The zero-order valence-corrected chi connectivity index (χ0v) is 20.9. The predicted octanol–water partition coefficient (Wildman–Crippen LogP) is 4.14. The number of ether oxygens (including phenoxy) is 1. The van der Waals surface area contributed by atoms with Gasteiger partial charge >= 0.3 is 0 Å². The second-order valence-electron chi connectivity index (χ2n) is 10.6. The van der Waals surface area contributed by atoms with Gasteiger partial charge in [-0.15, -0.1) is 0 Å². The average Bonchev–Trinajstić information content (AvgIpc) is 2.80. The van der Waals surface area contributed by atoms with Crippen molar-refractivity contribution >= 4 is 5.91 Å². The number of aliphatic hydroxyl groups excluding tert-OH is 1. The molecule has 1 spiro atoms. The highest BCUT2D eigenvalue weighted by molar-refractivity contribution is 5.73. The van der Waals surface area contributed by atoms with Crippen LogP contribution in [0.4, 0.5) is 13.2 Å². The van der Waals surface area contributed by atoms with Gasteiger partial charge in [0.1, 0.15) is 5.60 Å². The van der Waals surface area contributed by atoms with Crippen molar-refractivity contribution in [2.45, 2.75) is 83.1 Å². The molecule has 0 bridgehead atoms. The minimum absolute atomic E-state index is 0.0881. The number of hydrogen-bond donors (Lipinski definition) is 3. The summed E-state index contributed by atoms with van der Waals surface area (Å²) in [7, 11) is 0. The molecular weight excluding hydrogens is 471 g/mol. The molecule has 1 aliphatic carbocycles. The van der Waals surface area contributed by atoms with Crippen LogP contribution in [0.1, 0.15) is 69.2 Å². The fourth-order valence-corrected chi connectivity index (χ4v) is 5.13. The van der Waals surface area contributed by atoms with Gasteiger partial charge in [0.2, 0.25) is 11.8 Å². The fraction of sp³-hybridized carbons (Fsp3) is 0.556. The molecule has 1 amide bonds. The number of nitrogens with one attached hydrogen (secondary N) is 2. The Hall–Kier alpha value is -2.65. The molecule has 2 aromatic rings. The number of benzene rings is 1. The van der Waals surface area contributed by atoms with Crippen LogP contribution in [0, 0.1) is 23.4 Å². The minimum Gasteiger partial charge on any atom is -0.471 e. The van der Waals surface area contributed by atoms with Crippen LogP contribution in [0.3, 0.4) is 0 Å². The first-order chi connectivity index (χ1) is 17.1. The largest absolute Gasteiger partial charge is 0.471 e. The summed E-state index contributed by atoms with van der Waals surface area (Å²) in [4.78, 5) is 16.4. The monoisotopic (exact) mass is 505 g/mol. The van der Waals surface area contributed by atoms with Crippen LogP contribution in [0.25, 0.3) is 0 Å². The summed E-state index contributed by atoms with van der Waals surface area (Å²) in [5.74, 6) is -3.54. The quantitative estimate of drug-likeness (QED) is 0.446. The number of halogens is 3. The second kappa shape index (κ2) is 10.8. The molecule has 196 valence electrons. The molecule has 2 heterocycles. The molecule has 3 N–H and O–H groups in total. The van der Waals surface area contributed by atoms with E-state index in [9.17, 15) is 23.1 Å². The molecule has 2 aliphatic rings. The standard InChI is InChI=1S/C27H34F3N3O3/c1-15(2)9-17-10-19-22(12-27(7-4-8-27)36-26(19)32-13-17)31-14-23(35)21(33-16(3)34)11-18-5-6-20(28)25(30)24(18)29/h5-6,10,13,15,21-23,31,35H,4,7-9,11-12,14H2,1-3H3,(H,33,34)/t21-,22-,23+/m0/s1. The molecule has 0 unspecified atom stereocenters. The number of carbonyl (C=O) groups excluding carboxylic acids is 1. The molecule has 0 saturated heterocycles. The Morgan fingerprint density at radius 2 is 1.97 bits per heavy atom. The summed E-state index contributed by atoms with van der Waals surface area (Å²) >= 11 is 0. The summed E-state index contributed by atoms with van der Waals surface area (Å²) < 4.78 is 47.6. The average molecular weight is 506 g/mol. The van der Waals surface area contributed by atoms with E-state index in [1.807, 2.05) is 6.20 Å². The SMILES string of the molecule is CC(=O)N[C@@H](Cc1ccc(F)c(F)c1F)[C@H](O)CN[C@H]1CC2(CCC2)Oc2ncc(CC(C)C)cc21. The smallest absolute Gasteiger partial charge is 0.218 e. The third-order valence-corrected chi connectivity index (χ3v) is 7.09. The van der Waals surface area contributed by atoms with Crippen LogP contribution >= 0.6 is 0 Å². The first-order valence-corrected chi connectivity index (χ1v) is 12.6. The Balaban J connectivity index is 1.51. The second-order valence-corrected chi connectivity index (χ2v) is 10.6. The molecule has 3 atom stereocenters. The van der Waals surface area contributed by atoms with Crippen molar-refractivity contribution in [1.29, 1.82) is 0 Å². The number of nitrogens with zero attached hydrogens (tertiary/aromatic N) is 1. The highest BCUT2D eigenvalue weighted by Gasteiger charge is 2.46. The van der Waals surface area contributed by atoms with Crippen LogP contribution in [0.15, 0.2) is 24.4 Å². The number of carbonyl (C=O) groups is 1. The number of pyridine rings is 1. The zero-order valence-electron chi connectivity index (χ0n) is 20.9. The lowest BCUT2D eigenvalue weighted by Gasteiger charge is -2.47. The number of fused-ring (bicyclic) bond motifs is 1. The molecule has 1 aromatic heterocycles.